The zero-order valence-corrected chi connectivity index (χ0v) is 12.9. The molecule has 0 spiro atoms. The molecule has 0 aromatic heterocycles. The van der Waals surface area contributed by atoms with Crippen molar-refractivity contribution in [1.82, 2.24) is 0 Å². The maximum Gasteiger partial charge on any atom is 0.489 e. The minimum absolute atomic E-state index is 0.00205. The number of hydrogen-bond acceptors (Lipinski definition) is 5. The SMILES string of the molecule is O=C(Nc1cc([N+](=O)[O-])ccc1Cl)c1ccc(B(O)O)c(Cl)c1. The summed E-state index contributed by atoms with van der Waals surface area (Å²) in [6.07, 6.45) is 0. The Balaban J connectivity index is 2.27. The van der Waals surface area contributed by atoms with Gasteiger partial charge in [0, 0.05) is 28.2 Å². The molecule has 0 aliphatic carbocycles. The van der Waals surface area contributed by atoms with Crippen LogP contribution in [0.1, 0.15) is 10.4 Å². The quantitative estimate of drug-likeness (QED) is 0.440. The first kappa shape index (κ1) is 17.2. The second-order valence-corrected chi connectivity index (χ2v) is 5.30. The first-order valence-electron chi connectivity index (χ1n) is 6.20. The summed E-state index contributed by atoms with van der Waals surface area (Å²) in [6, 6.07) is 7.52. The summed E-state index contributed by atoms with van der Waals surface area (Å²) in [5.41, 5.74) is 0.0355. The van der Waals surface area contributed by atoms with Gasteiger partial charge in [0.15, 0.2) is 0 Å². The molecule has 2 aromatic carbocycles. The molecular weight excluding hydrogens is 346 g/mol. The van der Waals surface area contributed by atoms with Gasteiger partial charge in [0.25, 0.3) is 11.6 Å². The van der Waals surface area contributed by atoms with E-state index in [1.54, 1.807) is 0 Å². The first-order chi connectivity index (χ1) is 10.8. The summed E-state index contributed by atoms with van der Waals surface area (Å²) in [6.45, 7) is 0. The molecule has 0 aliphatic heterocycles. The fourth-order valence-electron chi connectivity index (χ4n) is 1.79. The predicted molar refractivity (Wildman–Crippen MR) is 87.3 cm³/mol. The van der Waals surface area contributed by atoms with Gasteiger partial charge in [-0.1, -0.05) is 29.3 Å². The van der Waals surface area contributed by atoms with Crippen molar-refractivity contribution in [2.75, 3.05) is 5.32 Å². The zero-order chi connectivity index (χ0) is 17.1. The third-order valence-electron chi connectivity index (χ3n) is 2.95. The summed E-state index contributed by atoms with van der Waals surface area (Å²) < 4.78 is 0. The molecule has 0 saturated carbocycles. The second-order valence-electron chi connectivity index (χ2n) is 4.49. The van der Waals surface area contributed by atoms with Crippen LogP contribution in [-0.2, 0) is 0 Å². The van der Waals surface area contributed by atoms with Crippen molar-refractivity contribution < 1.29 is 19.8 Å². The number of nitrogens with zero attached hydrogens (tertiary/aromatic N) is 1. The molecule has 0 aliphatic rings. The number of benzene rings is 2. The van der Waals surface area contributed by atoms with E-state index >= 15 is 0 Å². The number of anilines is 1. The van der Waals surface area contributed by atoms with E-state index in [1.165, 1.54) is 30.3 Å². The second kappa shape index (κ2) is 6.97. The van der Waals surface area contributed by atoms with Gasteiger partial charge in [0.1, 0.15) is 0 Å². The number of carbonyl (C=O) groups is 1. The molecule has 3 N–H and O–H groups in total. The van der Waals surface area contributed by atoms with E-state index in [2.05, 4.69) is 5.32 Å². The van der Waals surface area contributed by atoms with Crippen molar-refractivity contribution in [3.8, 4) is 0 Å². The largest absolute Gasteiger partial charge is 0.489 e. The van der Waals surface area contributed by atoms with E-state index in [9.17, 15) is 14.9 Å². The van der Waals surface area contributed by atoms with Gasteiger partial charge in [-0.2, -0.15) is 0 Å². The summed E-state index contributed by atoms with van der Waals surface area (Å²) in [5, 5.41) is 31.5. The van der Waals surface area contributed by atoms with E-state index in [4.69, 9.17) is 33.2 Å². The van der Waals surface area contributed by atoms with Crippen LogP contribution in [0.4, 0.5) is 11.4 Å². The topological polar surface area (TPSA) is 113 Å². The highest BCUT2D eigenvalue weighted by molar-refractivity contribution is 6.62. The van der Waals surface area contributed by atoms with Gasteiger partial charge < -0.3 is 15.4 Å². The number of nitro groups is 1. The number of nitrogens with one attached hydrogen (secondary N) is 1. The highest BCUT2D eigenvalue weighted by Crippen LogP contribution is 2.27. The highest BCUT2D eigenvalue weighted by atomic mass is 35.5. The summed E-state index contributed by atoms with van der Waals surface area (Å²) in [7, 11) is -1.76. The lowest BCUT2D eigenvalue weighted by molar-refractivity contribution is -0.384. The van der Waals surface area contributed by atoms with Gasteiger partial charge in [-0.3, -0.25) is 14.9 Å². The minimum atomic E-state index is -1.76. The molecule has 118 valence electrons. The molecule has 1 amide bonds. The Kier molecular flexibility index (Phi) is 5.22. The van der Waals surface area contributed by atoms with Crippen molar-refractivity contribution in [3.05, 3.63) is 62.1 Å². The molecular formula is C13H9BCl2N2O5. The van der Waals surface area contributed by atoms with E-state index < -0.39 is 17.9 Å². The number of hydrogen-bond donors (Lipinski definition) is 3. The van der Waals surface area contributed by atoms with Crippen molar-refractivity contribution in [1.29, 1.82) is 0 Å². The smallest absolute Gasteiger partial charge is 0.423 e. The standard InChI is InChI=1S/C13H9BCl2N2O5/c15-10-4-2-8(18(22)23)6-12(10)17-13(19)7-1-3-9(14(20)21)11(16)5-7/h1-6,20-21H,(H,17,19). The van der Waals surface area contributed by atoms with Crippen LogP contribution in [0.5, 0.6) is 0 Å². The molecule has 0 fully saturated rings. The Hall–Kier alpha value is -2.13. The van der Waals surface area contributed by atoms with Gasteiger partial charge in [0.2, 0.25) is 0 Å². The van der Waals surface area contributed by atoms with E-state index in [0.29, 0.717) is 0 Å². The van der Waals surface area contributed by atoms with Gasteiger partial charge in [-0.25, -0.2) is 0 Å². The zero-order valence-electron chi connectivity index (χ0n) is 11.4. The van der Waals surface area contributed by atoms with Crippen LogP contribution >= 0.6 is 23.2 Å². The number of rotatable bonds is 4. The van der Waals surface area contributed by atoms with Crippen LogP contribution < -0.4 is 10.8 Å². The average Bonchev–Trinajstić information content (AvgIpc) is 2.48. The van der Waals surface area contributed by atoms with Gasteiger partial charge in [0.05, 0.1) is 15.6 Å². The maximum atomic E-state index is 12.2. The third-order valence-corrected chi connectivity index (χ3v) is 3.61. The first-order valence-corrected chi connectivity index (χ1v) is 6.96. The van der Waals surface area contributed by atoms with Crippen molar-refractivity contribution in [2.24, 2.45) is 0 Å². The Morgan fingerprint density at radius 3 is 2.39 bits per heavy atom. The Bertz CT molecular complexity index is 785. The normalized spacial score (nSPS) is 10.3. The highest BCUT2D eigenvalue weighted by Gasteiger charge is 2.18. The lowest BCUT2D eigenvalue weighted by Crippen LogP contribution is -2.31. The Labute approximate surface area is 140 Å². The summed E-state index contributed by atoms with van der Waals surface area (Å²) >= 11 is 11.8. The minimum Gasteiger partial charge on any atom is -0.423 e. The van der Waals surface area contributed by atoms with Crippen LogP contribution in [0.2, 0.25) is 10.0 Å². The van der Waals surface area contributed by atoms with Gasteiger partial charge >= 0.3 is 7.12 Å². The number of non-ortho nitro benzene ring substituents is 1. The Morgan fingerprint density at radius 2 is 1.83 bits per heavy atom. The molecule has 7 nitrogen and oxygen atoms in total. The molecule has 10 heteroatoms. The Morgan fingerprint density at radius 1 is 1.13 bits per heavy atom. The monoisotopic (exact) mass is 354 g/mol. The molecule has 2 rings (SSSR count). The third kappa shape index (κ3) is 3.99. The van der Waals surface area contributed by atoms with Crippen molar-refractivity contribution in [2.45, 2.75) is 0 Å². The van der Waals surface area contributed by atoms with E-state index in [-0.39, 0.29) is 32.4 Å². The van der Waals surface area contributed by atoms with E-state index in [0.717, 1.165) is 6.07 Å². The van der Waals surface area contributed by atoms with Crippen molar-refractivity contribution >= 4 is 53.1 Å². The van der Waals surface area contributed by atoms with Crippen LogP contribution in [0.3, 0.4) is 0 Å². The molecule has 2 aromatic rings. The predicted octanol–water partition coefficient (Wildman–Crippen LogP) is 1.83. The molecule has 23 heavy (non-hydrogen) atoms. The molecule has 0 heterocycles. The van der Waals surface area contributed by atoms with Gasteiger partial charge in [-0.15, -0.1) is 0 Å². The summed E-state index contributed by atoms with van der Waals surface area (Å²) in [5.74, 6) is -0.603. The lowest BCUT2D eigenvalue weighted by atomic mass is 9.80. The van der Waals surface area contributed by atoms with Crippen molar-refractivity contribution in [3.63, 3.8) is 0 Å². The fourth-order valence-corrected chi connectivity index (χ4v) is 2.24. The number of nitro benzene ring substituents is 1. The van der Waals surface area contributed by atoms with Crippen LogP contribution in [0, 0.1) is 10.1 Å². The maximum absolute atomic E-state index is 12.2. The molecule has 0 saturated heterocycles. The molecule has 0 unspecified atom stereocenters. The lowest BCUT2D eigenvalue weighted by Gasteiger charge is -2.09. The number of amides is 1. The van der Waals surface area contributed by atoms with Crippen LogP contribution in [0.15, 0.2) is 36.4 Å². The average molecular weight is 355 g/mol. The molecule has 0 atom stereocenters. The number of halogens is 2. The fraction of sp³-hybridized carbons (Fsp3) is 0. The van der Waals surface area contributed by atoms with E-state index in [1.807, 2.05) is 0 Å². The molecule has 0 radical (unpaired) electrons. The molecule has 0 bridgehead atoms. The van der Waals surface area contributed by atoms with Gasteiger partial charge in [-0.05, 0) is 18.2 Å². The number of carbonyl (C=O) groups excluding carboxylic acids is 1. The summed E-state index contributed by atoms with van der Waals surface area (Å²) in [4.78, 5) is 22.3. The van der Waals surface area contributed by atoms with Crippen LogP contribution in [-0.4, -0.2) is 28.0 Å². The van der Waals surface area contributed by atoms with Crippen LogP contribution in [0.25, 0.3) is 0 Å².